The molecule has 1 aromatic carbocycles. The van der Waals surface area contributed by atoms with Gasteiger partial charge in [-0.2, -0.15) is 0 Å². The lowest BCUT2D eigenvalue weighted by Gasteiger charge is -2.09. The van der Waals surface area contributed by atoms with Gasteiger partial charge in [0.1, 0.15) is 6.04 Å². The first-order valence-corrected chi connectivity index (χ1v) is 6.42. The van der Waals surface area contributed by atoms with E-state index in [1.165, 1.54) is 25.5 Å². The average molecular weight is 316 g/mol. The summed E-state index contributed by atoms with van der Waals surface area (Å²) in [5.74, 6) is -0.603. The standard InChI is InChI=1S/C13H11Cl2NO4/c1-19-13(18)10(16)2-6-5-20-12-8(11(6)17)3-7(14)4-9(12)15/h3-5,10H,2,16H2,1H3. The van der Waals surface area contributed by atoms with E-state index in [-0.39, 0.29) is 33.4 Å². The molecule has 5 nitrogen and oxygen atoms in total. The van der Waals surface area contributed by atoms with E-state index in [9.17, 15) is 9.59 Å². The number of ether oxygens (including phenoxy) is 1. The van der Waals surface area contributed by atoms with Gasteiger partial charge in [-0.25, -0.2) is 0 Å². The first-order chi connectivity index (χ1) is 9.43. The minimum atomic E-state index is -0.935. The molecule has 0 aliphatic rings. The zero-order valence-corrected chi connectivity index (χ0v) is 12.0. The van der Waals surface area contributed by atoms with Gasteiger partial charge < -0.3 is 14.9 Å². The van der Waals surface area contributed by atoms with E-state index in [0.717, 1.165) is 0 Å². The SMILES string of the molecule is COC(=O)C(N)Cc1coc2c(Cl)cc(Cl)cc2c1=O. The van der Waals surface area contributed by atoms with Crippen molar-refractivity contribution >= 4 is 40.1 Å². The maximum absolute atomic E-state index is 12.3. The molecule has 0 saturated carbocycles. The second kappa shape index (κ2) is 5.83. The molecule has 0 fully saturated rings. The van der Waals surface area contributed by atoms with Gasteiger partial charge >= 0.3 is 5.97 Å². The Labute approximate surface area is 124 Å². The molecule has 0 spiro atoms. The number of fused-ring (bicyclic) bond motifs is 1. The van der Waals surface area contributed by atoms with Crippen molar-refractivity contribution in [3.05, 3.63) is 44.2 Å². The van der Waals surface area contributed by atoms with E-state index in [1.807, 2.05) is 0 Å². The third-order valence-electron chi connectivity index (χ3n) is 2.81. The Bertz CT molecular complexity index is 726. The molecule has 1 atom stereocenters. The normalized spacial score (nSPS) is 12.4. The fourth-order valence-electron chi connectivity index (χ4n) is 1.82. The van der Waals surface area contributed by atoms with E-state index < -0.39 is 12.0 Å². The molecule has 2 N–H and O–H groups in total. The molecule has 7 heteroatoms. The highest BCUT2D eigenvalue weighted by Gasteiger charge is 2.18. The Hall–Kier alpha value is -1.56. The lowest BCUT2D eigenvalue weighted by atomic mass is 10.1. The predicted octanol–water partition coefficient (Wildman–Crippen LogP) is 2.14. The number of nitrogens with two attached hydrogens (primary N) is 1. The number of rotatable bonds is 3. The fraction of sp³-hybridized carbons (Fsp3) is 0.231. The lowest BCUT2D eigenvalue weighted by molar-refractivity contribution is -0.142. The van der Waals surface area contributed by atoms with Gasteiger partial charge in [0.25, 0.3) is 0 Å². The van der Waals surface area contributed by atoms with Crippen LogP contribution in [-0.4, -0.2) is 19.1 Å². The second-order valence-electron chi connectivity index (χ2n) is 4.19. The van der Waals surface area contributed by atoms with Crippen LogP contribution in [0.15, 0.2) is 27.6 Å². The van der Waals surface area contributed by atoms with Gasteiger partial charge in [0, 0.05) is 17.0 Å². The Morgan fingerprint density at radius 3 is 2.80 bits per heavy atom. The quantitative estimate of drug-likeness (QED) is 0.877. The van der Waals surface area contributed by atoms with Gasteiger partial charge in [-0.1, -0.05) is 23.2 Å². The van der Waals surface area contributed by atoms with Crippen molar-refractivity contribution in [3.63, 3.8) is 0 Å². The van der Waals surface area contributed by atoms with Crippen molar-refractivity contribution in [3.8, 4) is 0 Å². The van der Waals surface area contributed by atoms with Crippen molar-refractivity contribution < 1.29 is 13.9 Å². The van der Waals surface area contributed by atoms with Crippen LogP contribution in [0.2, 0.25) is 10.0 Å². The summed E-state index contributed by atoms with van der Waals surface area (Å²) in [6.45, 7) is 0. The lowest BCUT2D eigenvalue weighted by Crippen LogP contribution is -2.35. The summed E-state index contributed by atoms with van der Waals surface area (Å²) in [4.78, 5) is 23.6. The van der Waals surface area contributed by atoms with Crippen molar-refractivity contribution in [2.75, 3.05) is 7.11 Å². The summed E-state index contributed by atoms with van der Waals surface area (Å²) in [6, 6.07) is 2.01. The number of methoxy groups -OCH3 is 1. The number of carbonyl (C=O) groups excluding carboxylic acids is 1. The monoisotopic (exact) mass is 315 g/mol. The zero-order valence-electron chi connectivity index (χ0n) is 10.5. The first-order valence-electron chi connectivity index (χ1n) is 5.67. The third-order valence-corrected chi connectivity index (χ3v) is 3.31. The van der Waals surface area contributed by atoms with Crippen molar-refractivity contribution in [1.82, 2.24) is 0 Å². The summed E-state index contributed by atoms with van der Waals surface area (Å²) in [6.07, 6.45) is 1.25. The molecule has 2 aromatic rings. The van der Waals surface area contributed by atoms with E-state index in [2.05, 4.69) is 4.74 Å². The summed E-state index contributed by atoms with van der Waals surface area (Å²) < 4.78 is 9.84. The molecule has 0 aliphatic carbocycles. The fourth-order valence-corrected chi connectivity index (χ4v) is 2.36. The van der Waals surface area contributed by atoms with Crippen molar-refractivity contribution in [2.24, 2.45) is 5.73 Å². The van der Waals surface area contributed by atoms with Crippen LogP contribution in [0.25, 0.3) is 11.0 Å². The van der Waals surface area contributed by atoms with Gasteiger partial charge in [-0.15, -0.1) is 0 Å². The second-order valence-corrected chi connectivity index (χ2v) is 5.03. The van der Waals surface area contributed by atoms with Crippen LogP contribution in [0.5, 0.6) is 0 Å². The molecule has 2 rings (SSSR count). The van der Waals surface area contributed by atoms with E-state index >= 15 is 0 Å². The molecule has 0 aliphatic heterocycles. The minimum Gasteiger partial charge on any atom is -0.468 e. The number of esters is 1. The van der Waals surface area contributed by atoms with E-state index in [1.54, 1.807) is 0 Å². The number of hydrogen-bond donors (Lipinski definition) is 1. The molecule has 0 radical (unpaired) electrons. The highest BCUT2D eigenvalue weighted by atomic mass is 35.5. The average Bonchev–Trinajstić information content (AvgIpc) is 2.41. The molecule has 1 heterocycles. The number of benzene rings is 1. The van der Waals surface area contributed by atoms with Crippen molar-refractivity contribution in [1.29, 1.82) is 0 Å². The van der Waals surface area contributed by atoms with Crippen LogP contribution in [0.1, 0.15) is 5.56 Å². The molecule has 1 aromatic heterocycles. The highest BCUT2D eigenvalue weighted by molar-refractivity contribution is 6.38. The Morgan fingerprint density at radius 2 is 2.15 bits per heavy atom. The largest absolute Gasteiger partial charge is 0.468 e. The Kier molecular flexibility index (Phi) is 4.32. The van der Waals surface area contributed by atoms with Crippen LogP contribution >= 0.6 is 23.2 Å². The molecular formula is C13H11Cl2NO4. The number of carbonyl (C=O) groups is 1. The van der Waals surface area contributed by atoms with Gasteiger partial charge in [0.15, 0.2) is 11.0 Å². The van der Waals surface area contributed by atoms with Gasteiger partial charge in [-0.05, 0) is 12.1 Å². The van der Waals surface area contributed by atoms with Crippen LogP contribution < -0.4 is 11.2 Å². The predicted molar refractivity (Wildman–Crippen MR) is 76.2 cm³/mol. The van der Waals surface area contributed by atoms with Crippen molar-refractivity contribution in [2.45, 2.75) is 12.5 Å². The maximum atomic E-state index is 12.3. The molecule has 0 bridgehead atoms. The maximum Gasteiger partial charge on any atom is 0.322 e. The summed E-state index contributed by atoms with van der Waals surface area (Å²) >= 11 is 11.8. The molecule has 106 valence electrons. The summed E-state index contributed by atoms with van der Waals surface area (Å²) in [5, 5.41) is 0.815. The van der Waals surface area contributed by atoms with E-state index in [0.29, 0.717) is 5.02 Å². The van der Waals surface area contributed by atoms with Gasteiger partial charge in [0.2, 0.25) is 0 Å². The molecule has 0 saturated heterocycles. The topological polar surface area (TPSA) is 82.5 Å². The Morgan fingerprint density at radius 1 is 1.45 bits per heavy atom. The number of hydrogen-bond acceptors (Lipinski definition) is 5. The zero-order chi connectivity index (χ0) is 14.9. The van der Waals surface area contributed by atoms with Crippen LogP contribution in [0.4, 0.5) is 0 Å². The first kappa shape index (κ1) is 14.8. The molecule has 1 unspecified atom stereocenters. The third kappa shape index (κ3) is 2.80. The van der Waals surface area contributed by atoms with Crippen LogP contribution in [0.3, 0.4) is 0 Å². The Balaban J connectivity index is 2.50. The minimum absolute atomic E-state index is 0.00901. The number of halogens is 2. The van der Waals surface area contributed by atoms with Gasteiger partial charge in [-0.3, -0.25) is 9.59 Å². The van der Waals surface area contributed by atoms with Crippen LogP contribution in [0, 0.1) is 0 Å². The molecule has 20 heavy (non-hydrogen) atoms. The smallest absolute Gasteiger partial charge is 0.322 e. The molecule has 0 amide bonds. The summed E-state index contributed by atoms with van der Waals surface area (Å²) in [5.41, 5.74) is 5.81. The highest BCUT2D eigenvalue weighted by Crippen LogP contribution is 2.26. The summed E-state index contributed by atoms with van der Waals surface area (Å²) in [7, 11) is 1.23. The van der Waals surface area contributed by atoms with Crippen LogP contribution in [-0.2, 0) is 16.0 Å². The van der Waals surface area contributed by atoms with Gasteiger partial charge in [0.05, 0.1) is 23.8 Å². The molecular weight excluding hydrogens is 305 g/mol. The van der Waals surface area contributed by atoms with E-state index in [4.69, 9.17) is 33.4 Å².